The molecule has 0 bridgehead atoms. The average Bonchev–Trinajstić information content (AvgIpc) is 2.79. The first-order chi connectivity index (χ1) is 8.03. The van der Waals surface area contributed by atoms with Crippen LogP contribution in [0.1, 0.15) is 25.1 Å². The Bertz CT molecular complexity index is 512. The van der Waals surface area contributed by atoms with Crippen molar-refractivity contribution in [2.75, 3.05) is 6.54 Å². The first-order valence-corrected chi connectivity index (χ1v) is 5.86. The SMILES string of the molecule is Cc1cccc(-n2ccc(C(C)(C)CN)n2)c1. The van der Waals surface area contributed by atoms with Crippen molar-refractivity contribution in [2.45, 2.75) is 26.2 Å². The summed E-state index contributed by atoms with van der Waals surface area (Å²) in [5.41, 5.74) is 9.04. The molecule has 1 aromatic heterocycles. The van der Waals surface area contributed by atoms with Crippen LogP contribution in [-0.4, -0.2) is 16.3 Å². The molecule has 0 aliphatic heterocycles. The molecular formula is C14H19N3. The van der Waals surface area contributed by atoms with Crippen LogP contribution < -0.4 is 5.73 Å². The van der Waals surface area contributed by atoms with Gasteiger partial charge in [-0.1, -0.05) is 26.0 Å². The van der Waals surface area contributed by atoms with E-state index < -0.39 is 0 Å². The molecule has 3 heteroatoms. The predicted octanol–water partition coefficient (Wildman–Crippen LogP) is 2.42. The van der Waals surface area contributed by atoms with E-state index in [4.69, 9.17) is 5.73 Å². The molecule has 0 spiro atoms. The lowest BCUT2D eigenvalue weighted by Crippen LogP contribution is -2.28. The van der Waals surface area contributed by atoms with Gasteiger partial charge < -0.3 is 5.73 Å². The zero-order chi connectivity index (χ0) is 12.5. The highest BCUT2D eigenvalue weighted by molar-refractivity contribution is 5.35. The molecule has 3 nitrogen and oxygen atoms in total. The van der Waals surface area contributed by atoms with Gasteiger partial charge in [-0.25, -0.2) is 4.68 Å². The fourth-order valence-electron chi connectivity index (χ4n) is 1.70. The second-order valence-corrected chi connectivity index (χ2v) is 5.07. The molecule has 2 rings (SSSR count). The molecule has 0 aliphatic carbocycles. The zero-order valence-electron chi connectivity index (χ0n) is 10.6. The molecule has 0 fully saturated rings. The minimum atomic E-state index is -0.0743. The van der Waals surface area contributed by atoms with Crippen molar-refractivity contribution in [1.29, 1.82) is 0 Å². The summed E-state index contributed by atoms with van der Waals surface area (Å²) < 4.78 is 1.90. The lowest BCUT2D eigenvalue weighted by Gasteiger charge is -2.19. The van der Waals surface area contributed by atoms with E-state index in [0.29, 0.717) is 6.54 Å². The lowest BCUT2D eigenvalue weighted by molar-refractivity contribution is 0.516. The second-order valence-electron chi connectivity index (χ2n) is 5.07. The van der Waals surface area contributed by atoms with Gasteiger partial charge in [0.15, 0.2) is 0 Å². The van der Waals surface area contributed by atoms with E-state index in [1.54, 1.807) is 0 Å². The lowest BCUT2D eigenvalue weighted by atomic mass is 9.90. The fraction of sp³-hybridized carbons (Fsp3) is 0.357. The van der Waals surface area contributed by atoms with Crippen molar-refractivity contribution in [3.8, 4) is 5.69 Å². The normalized spacial score (nSPS) is 11.8. The van der Waals surface area contributed by atoms with Gasteiger partial charge in [-0.3, -0.25) is 0 Å². The third kappa shape index (κ3) is 2.39. The van der Waals surface area contributed by atoms with Gasteiger partial charge in [0.25, 0.3) is 0 Å². The van der Waals surface area contributed by atoms with Gasteiger partial charge in [0.1, 0.15) is 0 Å². The Labute approximate surface area is 102 Å². The largest absolute Gasteiger partial charge is 0.330 e. The summed E-state index contributed by atoms with van der Waals surface area (Å²) in [6, 6.07) is 10.3. The highest BCUT2D eigenvalue weighted by Crippen LogP contribution is 2.20. The van der Waals surface area contributed by atoms with Crippen molar-refractivity contribution in [2.24, 2.45) is 5.73 Å². The Morgan fingerprint density at radius 3 is 2.71 bits per heavy atom. The Hall–Kier alpha value is -1.61. The van der Waals surface area contributed by atoms with Gasteiger partial charge in [-0.2, -0.15) is 5.10 Å². The summed E-state index contributed by atoms with van der Waals surface area (Å²) in [5, 5.41) is 4.60. The number of benzene rings is 1. The Kier molecular flexibility index (Phi) is 3.03. The monoisotopic (exact) mass is 229 g/mol. The third-order valence-electron chi connectivity index (χ3n) is 3.06. The minimum absolute atomic E-state index is 0.0743. The molecule has 2 aromatic rings. The predicted molar refractivity (Wildman–Crippen MR) is 70.4 cm³/mol. The van der Waals surface area contributed by atoms with E-state index in [-0.39, 0.29) is 5.41 Å². The van der Waals surface area contributed by atoms with Crippen molar-refractivity contribution >= 4 is 0 Å². The van der Waals surface area contributed by atoms with Crippen LogP contribution in [0.15, 0.2) is 36.5 Å². The quantitative estimate of drug-likeness (QED) is 0.878. The zero-order valence-corrected chi connectivity index (χ0v) is 10.6. The Morgan fingerprint density at radius 1 is 1.29 bits per heavy atom. The second kappa shape index (κ2) is 4.34. The molecule has 2 N–H and O–H groups in total. The smallest absolute Gasteiger partial charge is 0.0697 e. The number of nitrogens with two attached hydrogens (primary N) is 1. The van der Waals surface area contributed by atoms with E-state index in [2.05, 4.69) is 44.1 Å². The number of aromatic nitrogens is 2. The molecule has 1 heterocycles. The van der Waals surface area contributed by atoms with Gasteiger partial charge in [0.2, 0.25) is 0 Å². The fourth-order valence-corrected chi connectivity index (χ4v) is 1.70. The summed E-state index contributed by atoms with van der Waals surface area (Å²) in [5.74, 6) is 0. The maximum atomic E-state index is 5.76. The number of hydrogen-bond acceptors (Lipinski definition) is 2. The summed E-state index contributed by atoms with van der Waals surface area (Å²) in [4.78, 5) is 0. The number of nitrogens with zero attached hydrogens (tertiary/aromatic N) is 2. The van der Waals surface area contributed by atoms with Crippen molar-refractivity contribution in [1.82, 2.24) is 9.78 Å². The van der Waals surface area contributed by atoms with E-state index in [1.807, 2.05) is 23.0 Å². The molecule has 0 amide bonds. The first-order valence-electron chi connectivity index (χ1n) is 5.86. The Balaban J connectivity index is 2.36. The molecule has 0 atom stereocenters. The van der Waals surface area contributed by atoms with Crippen LogP contribution in [-0.2, 0) is 5.41 Å². The molecule has 0 saturated carbocycles. The molecule has 90 valence electrons. The van der Waals surface area contributed by atoms with Crippen LogP contribution in [0.2, 0.25) is 0 Å². The van der Waals surface area contributed by atoms with Gasteiger partial charge in [-0.15, -0.1) is 0 Å². The number of hydrogen-bond donors (Lipinski definition) is 1. The highest BCUT2D eigenvalue weighted by Gasteiger charge is 2.21. The maximum Gasteiger partial charge on any atom is 0.0697 e. The summed E-state index contributed by atoms with van der Waals surface area (Å²) in [7, 11) is 0. The average molecular weight is 229 g/mol. The van der Waals surface area contributed by atoms with Crippen LogP contribution in [0.4, 0.5) is 0 Å². The summed E-state index contributed by atoms with van der Waals surface area (Å²) in [6.45, 7) is 6.89. The van der Waals surface area contributed by atoms with Crippen molar-refractivity contribution in [3.63, 3.8) is 0 Å². The van der Waals surface area contributed by atoms with Crippen molar-refractivity contribution in [3.05, 3.63) is 47.8 Å². The molecule has 0 aliphatic rings. The minimum Gasteiger partial charge on any atom is -0.330 e. The standard InChI is InChI=1S/C14H19N3/c1-11-5-4-6-12(9-11)17-8-7-13(16-17)14(2,3)10-15/h4-9H,10,15H2,1-3H3. The Morgan fingerprint density at radius 2 is 2.06 bits per heavy atom. The van der Waals surface area contributed by atoms with Gasteiger partial charge in [0, 0.05) is 18.2 Å². The molecule has 1 aromatic carbocycles. The van der Waals surface area contributed by atoms with Crippen LogP contribution >= 0.6 is 0 Å². The van der Waals surface area contributed by atoms with E-state index in [0.717, 1.165) is 11.4 Å². The van der Waals surface area contributed by atoms with Crippen LogP contribution in [0.3, 0.4) is 0 Å². The third-order valence-corrected chi connectivity index (χ3v) is 3.06. The van der Waals surface area contributed by atoms with Crippen LogP contribution in [0.5, 0.6) is 0 Å². The molecule has 0 radical (unpaired) electrons. The molecular weight excluding hydrogens is 210 g/mol. The maximum absolute atomic E-state index is 5.76. The van der Waals surface area contributed by atoms with Gasteiger partial charge in [0.05, 0.1) is 11.4 Å². The number of rotatable bonds is 3. The first kappa shape index (κ1) is 11.9. The van der Waals surface area contributed by atoms with E-state index in [9.17, 15) is 0 Å². The summed E-state index contributed by atoms with van der Waals surface area (Å²) in [6.07, 6.45) is 1.99. The van der Waals surface area contributed by atoms with Crippen molar-refractivity contribution < 1.29 is 0 Å². The molecule has 0 unspecified atom stereocenters. The topological polar surface area (TPSA) is 43.8 Å². The number of aryl methyl sites for hydroxylation is 1. The van der Waals surface area contributed by atoms with E-state index in [1.165, 1.54) is 5.56 Å². The summed E-state index contributed by atoms with van der Waals surface area (Å²) >= 11 is 0. The van der Waals surface area contributed by atoms with Crippen LogP contribution in [0.25, 0.3) is 5.69 Å². The highest BCUT2D eigenvalue weighted by atomic mass is 15.3. The molecule has 17 heavy (non-hydrogen) atoms. The molecule has 0 saturated heterocycles. The van der Waals surface area contributed by atoms with Crippen LogP contribution in [0, 0.1) is 6.92 Å². The van der Waals surface area contributed by atoms with Gasteiger partial charge >= 0.3 is 0 Å². The van der Waals surface area contributed by atoms with Gasteiger partial charge in [-0.05, 0) is 30.7 Å². The van der Waals surface area contributed by atoms with E-state index >= 15 is 0 Å².